The van der Waals surface area contributed by atoms with Crippen molar-refractivity contribution >= 4 is 33.1 Å². The Morgan fingerprint density at radius 1 is 1.12 bits per heavy atom. The van der Waals surface area contributed by atoms with Crippen LogP contribution in [0.2, 0.25) is 0 Å². The van der Waals surface area contributed by atoms with Crippen molar-refractivity contribution in [3.8, 4) is 11.8 Å². The standard InChI is InChI=1S/C31H27BrN4O4/c1-18-13-19(2)25(14-20(18)17-40-24-11-9-21(32)10-12-24)29-26(16-33)31(34)35(27-7-4-8-28(37)30(27)29)22-5-3-6-23(15-22)36(38)39/h3,5-6,9-15,29H,4,7-8,17,34H2,1-2H3. The Labute approximate surface area is 240 Å². The van der Waals surface area contributed by atoms with Crippen LogP contribution in [0.3, 0.4) is 0 Å². The first-order valence-electron chi connectivity index (χ1n) is 12.9. The number of nitro benzene ring substituents is 1. The summed E-state index contributed by atoms with van der Waals surface area (Å²) in [5, 5.41) is 21.9. The van der Waals surface area contributed by atoms with Crippen LogP contribution in [-0.4, -0.2) is 10.7 Å². The van der Waals surface area contributed by atoms with Gasteiger partial charge in [0.25, 0.3) is 5.69 Å². The van der Waals surface area contributed by atoms with E-state index in [4.69, 9.17) is 10.5 Å². The Bertz CT molecular complexity index is 1640. The van der Waals surface area contributed by atoms with Crippen LogP contribution in [0.25, 0.3) is 0 Å². The lowest BCUT2D eigenvalue weighted by Gasteiger charge is -2.40. The number of non-ortho nitro benzene ring substituents is 1. The van der Waals surface area contributed by atoms with Gasteiger partial charge < -0.3 is 10.5 Å². The highest BCUT2D eigenvalue weighted by Crippen LogP contribution is 2.47. The third kappa shape index (κ3) is 4.98. The zero-order valence-corrected chi connectivity index (χ0v) is 23.7. The number of ketones is 1. The first-order chi connectivity index (χ1) is 19.2. The van der Waals surface area contributed by atoms with Crippen LogP contribution in [0.4, 0.5) is 11.4 Å². The lowest BCUT2D eigenvalue weighted by atomic mass is 9.74. The number of nitro groups is 1. The summed E-state index contributed by atoms with van der Waals surface area (Å²) in [6.07, 6.45) is 1.55. The number of ether oxygens (including phenoxy) is 1. The summed E-state index contributed by atoms with van der Waals surface area (Å²) >= 11 is 3.43. The van der Waals surface area contributed by atoms with Crippen LogP contribution in [-0.2, 0) is 11.4 Å². The minimum atomic E-state index is -0.644. The molecule has 1 aliphatic heterocycles. The fraction of sp³-hybridized carbons (Fsp3) is 0.226. The molecule has 1 unspecified atom stereocenters. The number of anilines is 1. The molecule has 1 aliphatic carbocycles. The molecule has 0 bridgehead atoms. The second-order valence-corrected chi connectivity index (χ2v) is 10.9. The van der Waals surface area contributed by atoms with Gasteiger partial charge in [0.15, 0.2) is 5.78 Å². The number of hydrogen-bond acceptors (Lipinski definition) is 7. The monoisotopic (exact) mass is 598 g/mol. The number of carbonyl (C=O) groups excluding carboxylic acids is 1. The number of benzene rings is 3. The lowest BCUT2D eigenvalue weighted by Crippen LogP contribution is -2.39. The summed E-state index contributed by atoms with van der Waals surface area (Å²) in [6, 6.07) is 20.0. The van der Waals surface area contributed by atoms with E-state index in [0.717, 1.165) is 32.5 Å². The number of rotatable bonds is 6. The van der Waals surface area contributed by atoms with E-state index < -0.39 is 10.8 Å². The normalized spacial score (nSPS) is 17.0. The average molecular weight is 599 g/mol. The minimum absolute atomic E-state index is 0.0467. The molecule has 0 saturated carbocycles. The Balaban J connectivity index is 1.63. The molecule has 2 aliphatic rings. The lowest BCUT2D eigenvalue weighted by molar-refractivity contribution is -0.384. The summed E-state index contributed by atoms with van der Waals surface area (Å²) in [5.41, 5.74) is 12.2. The molecule has 40 heavy (non-hydrogen) atoms. The van der Waals surface area contributed by atoms with Gasteiger partial charge in [0.05, 0.1) is 28.2 Å². The minimum Gasteiger partial charge on any atom is -0.489 e. The number of halogens is 1. The molecule has 8 nitrogen and oxygen atoms in total. The molecule has 0 radical (unpaired) electrons. The SMILES string of the molecule is Cc1cc(C)c(C2C(C#N)=C(N)N(c3cccc([N+](=O)[O-])c3)C3=C2C(=O)CCC3)cc1COc1ccc(Br)cc1. The third-order valence-corrected chi connectivity index (χ3v) is 7.98. The molecule has 2 N–H and O–H groups in total. The van der Waals surface area contributed by atoms with E-state index in [2.05, 4.69) is 22.0 Å². The highest BCUT2D eigenvalue weighted by molar-refractivity contribution is 9.10. The first-order valence-corrected chi connectivity index (χ1v) is 13.7. The van der Waals surface area contributed by atoms with Crippen molar-refractivity contribution in [1.29, 1.82) is 5.26 Å². The van der Waals surface area contributed by atoms with Crippen LogP contribution < -0.4 is 15.4 Å². The van der Waals surface area contributed by atoms with Crippen molar-refractivity contribution < 1.29 is 14.5 Å². The number of nitrogens with two attached hydrogens (primary N) is 1. The molecule has 5 rings (SSSR count). The van der Waals surface area contributed by atoms with E-state index in [9.17, 15) is 20.2 Å². The smallest absolute Gasteiger partial charge is 0.271 e. The molecule has 0 saturated heterocycles. The van der Waals surface area contributed by atoms with Crippen molar-refractivity contribution in [1.82, 2.24) is 0 Å². The fourth-order valence-corrected chi connectivity index (χ4v) is 5.78. The Kier molecular flexibility index (Phi) is 7.46. The molecule has 1 atom stereocenters. The Morgan fingerprint density at radius 3 is 2.58 bits per heavy atom. The Morgan fingerprint density at radius 2 is 1.88 bits per heavy atom. The zero-order valence-electron chi connectivity index (χ0n) is 22.1. The number of allylic oxidation sites excluding steroid dienone is 3. The third-order valence-electron chi connectivity index (χ3n) is 7.46. The maximum absolute atomic E-state index is 13.5. The predicted octanol–water partition coefficient (Wildman–Crippen LogP) is 6.86. The van der Waals surface area contributed by atoms with Gasteiger partial charge in [-0.2, -0.15) is 5.26 Å². The van der Waals surface area contributed by atoms with E-state index in [1.807, 2.05) is 50.2 Å². The maximum Gasteiger partial charge on any atom is 0.271 e. The van der Waals surface area contributed by atoms with Crippen LogP contribution in [0.5, 0.6) is 5.75 Å². The number of carbonyl (C=O) groups is 1. The molecule has 9 heteroatoms. The first kappa shape index (κ1) is 27.2. The largest absolute Gasteiger partial charge is 0.489 e. The van der Waals surface area contributed by atoms with Crippen molar-refractivity contribution in [2.45, 2.75) is 45.6 Å². The molecular weight excluding hydrogens is 572 g/mol. The fourth-order valence-electron chi connectivity index (χ4n) is 5.51. The molecule has 0 amide bonds. The molecule has 3 aromatic carbocycles. The van der Waals surface area contributed by atoms with Crippen LogP contribution in [0, 0.1) is 35.3 Å². The van der Waals surface area contributed by atoms with E-state index >= 15 is 0 Å². The topological polar surface area (TPSA) is 122 Å². The molecular formula is C31H27BrN4O4. The summed E-state index contributed by atoms with van der Waals surface area (Å²) < 4.78 is 7.01. The number of hydrogen-bond donors (Lipinski definition) is 1. The van der Waals surface area contributed by atoms with Crippen molar-refractivity contribution in [2.24, 2.45) is 5.73 Å². The molecule has 202 valence electrons. The van der Waals surface area contributed by atoms with Crippen LogP contribution in [0.1, 0.15) is 47.4 Å². The summed E-state index contributed by atoms with van der Waals surface area (Å²) in [7, 11) is 0. The highest BCUT2D eigenvalue weighted by atomic mass is 79.9. The summed E-state index contributed by atoms with van der Waals surface area (Å²) in [5.74, 6) is 0.211. The second-order valence-electron chi connectivity index (χ2n) is 9.97. The van der Waals surface area contributed by atoms with Crippen molar-refractivity contribution in [2.75, 3.05) is 4.90 Å². The van der Waals surface area contributed by atoms with Gasteiger partial charge in [-0.1, -0.05) is 34.1 Å². The van der Waals surface area contributed by atoms with Gasteiger partial charge in [0, 0.05) is 34.3 Å². The van der Waals surface area contributed by atoms with E-state index in [-0.39, 0.29) is 22.9 Å². The summed E-state index contributed by atoms with van der Waals surface area (Å²) in [4.78, 5) is 26.2. The number of nitrogens with zero attached hydrogens (tertiary/aromatic N) is 3. The second kappa shape index (κ2) is 11.0. The van der Waals surface area contributed by atoms with Crippen molar-refractivity contribution in [3.05, 3.63) is 120 Å². The maximum atomic E-state index is 13.5. The summed E-state index contributed by atoms with van der Waals surface area (Å²) in [6.45, 7) is 4.29. The molecule has 0 spiro atoms. The Hall–Kier alpha value is -4.42. The number of nitriles is 1. The van der Waals surface area contributed by atoms with Gasteiger partial charge in [-0.3, -0.25) is 19.8 Å². The molecule has 1 heterocycles. The van der Waals surface area contributed by atoms with Crippen molar-refractivity contribution in [3.63, 3.8) is 0 Å². The highest BCUT2D eigenvalue weighted by Gasteiger charge is 2.41. The van der Waals surface area contributed by atoms with Crippen LogP contribution in [0.15, 0.2) is 87.8 Å². The molecule has 3 aromatic rings. The van der Waals surface area contributed by atoms with E-state index in [0.29, 0.717) is 42.8 Å². The van der Waals surface area contributed by atoms with Crippen LogP contribution >= 0.6 is 15.9 Å². The van der Waals surface area contributed by atoms with Gasteiger partial charge in [-0.05, 0) is 79.3 Å². The van der Waals surface area contributed by atoms with Gasteiger partial charge in [-0.15, -0.1) is 0 Å². The zero-order chi connectivity index (χ0) is 28.6. The average Bonchev–Trinajstić information content (AvgIpc) is 2.93. The van der Waals surface area contributed by atoms with Gasteiger partial charge in [-0.25, -0.2) is 0 Å². The van der Waals surface area contributed by atoms with Gasteiger partial charge in [0.2, 0.25) is 0 Å². The number of aryl methyl sites for hydroxylation is 2. The van der Waals surface area contributed by atoms with E-state index in [1.165, 1.54) is 12.1 Å². The predicted molar refractivity (Wildman–Crippen MR) is 155 cm³/mol. The number of Topliss-reactive ketones (excluding diaryl/α,β-unsaturated/α-hetero) is 1. The van der Waals surface area contributed by atoms with Gasteiger partial charge >= 0.3 is 0 Å². The molecule has 0 fully saturated rings. The quantitative estimate of drug-likeness (QED) is 0.243. The van der Waals surface area contributed by atoms with E-state index in [1.54, 1.807) is 17.0 Å². The molecule has 0 aromatic heterocycles. The van der Waals surface area contributed by atoms with Gasteiger partial charge in [0.1, 0.15) is 18.2 Å².